The Kier molecular flexibility index (Phi) is 6.23. The van der Waals surface area contributed by atoms with E-state index in [1.165, 1.54) is 8.61 Å². The lowest BCUT2D eigenvalue weighted by atomic mass is 10.2. The van der Waals surface area contributed by atoms with Gasteiger partial charge in [-0.25, -0.2) is 0 Å². The molecule has 1 atom stereocenters. The van der Waals surface area contributed by atoms with Crippen LogP contribution in [0.15, 0.2) is 0 Å². The molecule has 1 fully saturated rings. The lowest BCUT2D eigenvalue weighted by molar-refractivity contribution is 0.321. The van der Waals surface area contributed by atoms with Gasteiger partial charge in [-0.1, -0.05) is 13.8 Å². The van der Waals surface area contributed by atoms with Crippen LogP contribution in [0.5, 0.6) is 0 Å². The maximum atomic E-state index is 12.4. The summed E-state index contributed by atoms with van der Waals surface area (Å²) in [7, 11) is 0.0580. The number of nitrogens with one attached hydrogen (secondary N) is 1. The van der Waals surface area contributed by atoms with E-state index in [-0.39, 0.29) is 6.04 Å². The van der Waals surface area contributed by atoms with E-state index in [1.807, 2.05) is 6.92 Å². The van der Waals surface area contributed by atoms with Crippen molar-refractivity contribution in [1.82, 2.24) is 13.9 Å². The molecule has 0 bridgehead atoms. The number of rotatable bonds is 9. The van der Waals surface area contributed by atoms with Crippen molar-refractivity contribution in [3.05, 3.63) is 0 Å². The summed E-state index contributed by atoms with van der Waals surface area (Å²) in [5.41, 5.74) is 0. The summed E-state index contributed by atoms with van der Waals surface area (Å²) in [5.74, 6) is 0.552. The number of hydrogen-bond donors (Lipinski definition) is 1. The second-order valence-corrected chi connectivity index (χ2v) is 7.98. The van der Waals surface area contributed by atoms with E-state index in [1.54, 1.807) is 14.1 Å². The smallest absolute Gasteiger partial charge is 0.281 e. The van der Waals surface area contributed by atoms with Crippen molar-refractivity contribution in [2.75, 3.05) is 27.2 Å². The Morgan fingerprint density at radius 2 is 1.79 bits per heavy atom. The molecule has 0 heterocycles. The molecule has 114 valence electrons. The maximum absolute atomic E-state index is 12.4. The topological polar surface area (TPSA) is 52.7 Å². The Balaban J connectivity index is 2.41. The highest BCUT2D eigenvalue weighted by atomic mass is 32.2. The minimum atomic E-state index is -3.31. The first-order valence-corrected chi connectivity index (χ1v) is 8.59. The lowest BCUT2D eigenvalue weighted by Gasteiger charge is -2.29. The van der Waals surface area contributed by atoms with Crippen LogP contribution in [0, 0.1) is 5.92 Å². The van der Waals surface area contributed by atoms with Crippen molar-refractivity contribution >= 4 is 10.2 Å². The average molecular weight is 291 g/mol. The largest absolute Gasteiger partial charge is 0.314 e. The van der Waals surface area contributed by atoms with E-state index in [9.17, 15) is 8.42 Å². The van der Waals surface area contributed by atoms with E-state index >= 15 is 0 Å². The molecule has 1 aliphatic rings. The summed E-state index contributed by atoms with van der Waals surface area (Å²) in [4.78, 5) is 0. The predicted octanol–water partition coefficient (Wildman–Crippen LogP) is 1.28. The molecule has 0 spiro atoms. The van der Waals surface area contributed by atoms with Crippen LogP contribution in [0.25, 0.3) is 0 Å². The van der Waals surface area contributed by atoms with Crippen molar-refractivity contribution < 1.29 is 8.42 Å². The Hall–Kier alpha value is -0.170. The molecule has 5 nitrogen and oxygen atoms in total. The maximum Gasteiger partial charge on any atom is 0.281 e. The Labute approximate surface area is 118 Å². The summed E-state index contributed by atoms with van der Waals surface area (Å²) >= 11 is 0. The summed E-state index contributed by atoms with van der Waals surface area (Å²) < 4.78 is 27.7. The first kappa shape index (κ1) is 16.9. The zero-order valence-corrected chi connectivity index (χ0v) is 13.7. The molecule has 0 radical (unpaired) electrons. The molecule has 0 aliphatic heterocycles. The Morgan fingerprint density at radius 1 is 1.21 bits per heavy atom. The van der Waals surface area contributed by atoms with Gasteiger partial charge in [0.1, 0.15) is 0 Å². The standard InChI is InChI=1S/C13H29N3O2S/c1-11(2)14-9-6-10-15(4)19(17,18)16(5)12(3)13-7-8-13/h11-14H,6-10H2,1-5H3. The minimum Gasteiger partial charge on any atom is -0.314 e. The number of nitrogens with zero attached hydrogens (tertiary/aromatic N) is 2. The third-order valence-corrected chi connectivity index (χ3v) is 5.87. The monoisotopic (exact) mass is 291 g/mol. The second kappa shape index (κ2) is 7.02. The van der Waals surface area contributed by atoms with Crippen molar-refractivity contribution in [2.45, 2.75) is 52.1 Å². The van der Waals surface area contributed by atoms with Gasteiger partial charge in [0.2, 0.25) is 0 Å². The van der Waals surface area contributed by atoms with E-state index in [2.05, 4.69) is 19.2 Å². The lowest BCUT2D eigenvalue weighted by Crippen LogP contribution is -2.45. The summed E-state index contributed by atoms with van der Waals surface area (Å²) in [6, 6.07) is 0.556. The molecule has 0 aromatic carbocycles. The van der Waals surface area contributed by atoms with E-state index in [4.69, 9.17) is 0 Å². The van der Waals surface area contributed by atoms with Crippen molar-refractivity contribution in [3.63, 3.8) is 0 Å². The Bertz CT molecular complexity index is 366. The Morgan fingerprint density at radius 3 is 2.26 bits per heavy atom. The molecule has 0 aromatic heterocycles. The van der Waals surface area contributed by atoms with Crippen LogP contribution in [0.2, 0.25) is 0 Å². The van der Waals surface area contributed by atoms with Crippen molar-refractivity contribution in [1.29, 1.82) is 0 Å². The zero-order valence-electron chi connectivity index (χ0n) is 12.9. The normalized spacial score (nSPS) is 18.5. The minimum absolute atomic E-state index is 0.112. The second-order valence-electron chi connectivity index (χ2n) is 5.89. The third kappa shape index (κ3) is 5.02. The first-order valence-electron chi connectivity index (χ1n) is 7.19. The fourth-order valence-electron chi connectivity index (χ4n) is 2.11. The van der Waals surface area contributed by atoms with Crippen LogP contribution in [-0.4, -0.2) is 56.3 Å². The predicted molar refractivity (Wildman–Crippen MR) is 79.3 cm³/mol. The molecule has 1 N–H and O–H groups in total. The van der Waals surface area contributed by atoms with Crippen molar-refractivity contribution in [3.8, 4) is 0 Å². The van der Waals surface area contributed by atoms with Gasteiger partial charge in [-0.15, -0.1) is 0 Å². The van der Waals surface area contributed by atoms with Crippen molar-refractivity contribution in [2.24, 2.45) is 5.92 Å². The summed E-state index contributed by atoms with van der Waals surface area (Å²) in [5, 5.41) is 3.30. The van der Waals surface area contributed by atoms with E-state index in [0.717, 1.165) is 25.8 Å². The van der Waals surface area contributed by atoms with Gasteiger partial charge in [0.15, 0.2) is 0 Å². The van der Waals surface area contributed by atoms with Gasteiger partial charge >= 0.3 is 0 Å². The molecule has 1 unspecified atom stereocenters. The number of hydrogen-bond acceptors (Lipinski definition) is 3. The molecular weight excluding hydrogens is 262 g/mol. The van der Waals surface area contributed by atoms with Crippen LogP contribution in [0.1, 0.15) is 40.0 Å². The summed E-state index contributed by atoms with van der Waals surface area (Å²) in [6.45, 7) is 7.59. The average Bonchev–Trinajstić information content (AvgIpc) is 3.16. The van der Waals surface area contributed by atoms with Gasteiger partial charge in [0.05, 0.1) is 0 Å². The summed E-state index contributed by atoms with van der Waals surface area (Å²) in [6.07, 6.45) is 3.14. The van der Waals surface area contributed by atoms with Gasteiger partial charge in [0.25, 0.3) is 10.2 Å². The highest BCUT2D eigenvalue weighted by Gasteiger charge is 2.36. The highest BCUT2D eigenvalue weighted by molar-refractivity contribution is 7.86. The van der Waals surface area contributed by atoms with E-state index < -0.39 is 10.2 Å². The molecule has 0 aromatic rings. The van der Waals surface area contributed by atoms with Gasteiger partial charge in [-0.3, -0.25) is 0 Å². The van der Waals surface area contributed by atoms with Gasteiger partial charge < -0.3 is 5.32 Å². The molecule has 1 aliphatic carbocycles. The van der Waals surface area contributed by atoms with Crippen LogP contribution in [0.4, 0.5) is 0 Å². The molecule has 6 heteroatoms. The highest BCUT2D eigenvalue weighted by Crippen LogP contribution is 2.35. The molecule has 0 saturated heterocycles. The van der Waals surface area contributed by atoms with Gasteiger partial charge in [0, 0.05) is 32.7 Å². The zero-order chi connectivity index (χ0) is 14.6. The first-order chi connectivity index (χ1) is 8.76. The van der Waals surface area contributed by atoms with Gasteiger partial charge in [-0.05, 0) is 38.6 Å². The fraction of sp³-hybridized carbons (Fsp3) is 1.00. The van der Waals surface area contributed by atoms with Crippen LogP contribution >= 0.6 is 0 Å². The van der Waals surface area contributed by atoms with E-state index in [0.29, 0.717) is 18.5 Å². The molecule has 0 amide bonds. The van der Waals surface area contributed by atoms with Crippen LogP contribution in [-0.2, 0) is 10.2 Å². The molecular formula is C13H29N3O2S. The van der Waals surface area contributed by atoms with Gasteiger partial charge in [-0.2, -0.15) is 17.0 Å². The van der Waals surface area contributed by atoms with Crippen LogP contribution in [0.3, 0.4) is 0 Å². The molecule has 1 saturated carbocycles. The quantitative estimate of drug-likeness (QED) is 0.651. The SMILES string of the molecule is CC(C)NCCCN(C)S(=O)(=O)N(C)C(C)C1CC1. The third-order valence-electron chi connectivity index (χ3n) is 3.84. The molecule has 19 heavy (non-hydrogen) atoms. The molecule has 1 rings (SSSR count). The van der Waals surface area contributed by atoms with Crippen LogP contribution < -0.4 is 5.32 Å². The fourth-order valence-corrected chi connectivity index (χ4v) is 3.51.